The molecule has 0 amide bonds. The van der Waals surface area contributed by atoms with E-state index in [9.17, 15) is 4.79 Å². The van der Waals surface area contributed by atoms with Gasteiger partial charge in [-0.05, 0) is 30.5 Å². The molecule has 2 N–H and O–H groups in total. The molecule has 4 heterocycles. The lowest BCUT2D eigenvalue weighted by molar-refractivity contribution is 0.297. The Morgan fingerprint density at radius 2 is 2.03 bits per heavy atom. The van der Waals surface area contributed by atoms with Crippen LogP contribution >= 0.6 is 22.7 Å². The lowest BCUT2D eigenvalue weighted by atomic mass is 10.2. The van der Waals surface area contributed by atoms with Crippen LogP contribution in [0.3, 0.4) is 0 Å². The fourth-order valence-electron chi connectivity index (χ4n) is 3.36. The molecule has 148 valence electrons. The van der Waals surface area contributed by atoms with Crippen molar-refractivity contribution in [3.8, 4) is 21.9 Å². The summed E-state index contributed by atoms with van der Waals surface area (Å²) in [6.07, 6.45) is 0.868. The van der Waals surface area contributed by atoms with Crippen molar-refractivity contribution in [3.05, 3.63) is 57.3 Å². The van der Waals surface area contributed by atoms with Crippen LogP contribution in [0.2, 0.25) is 0 Å². The first kappa shape index (κ1) is 18.2. The van der Waals surface area contributed by atoms with E-state index in [1.165, 1.54) is 11.3 Å². The number of hydrogen-bond acceptors (Lipinski definition) is 7. The van der Waals surface area contributed by atoms with Crippen molar-refractivity contribution in [2.45, 2.75) is 19.4 Å². The molecule has 0 fully saturated rings. The molecule has 1 aliphatic rings. The zero-order valence-corrected chi connectivity index (χ0v) is 17.4. The summed E-state index contributed by atoms with van der Waals surface area (Å²) in [4.78, 5) is 22.3. The van der Waals surface area contributed by atoms with Crippen LogP contribution < -0.4 is 20.3 Å². The highest BCUT2D eigenvalue weighted by Crippen LogP contribution is 2.35. The predicted octanol–water partition coefficient (Wildman–Crippen LogP) is 5.05. The molecule has 6 nitrogen and oxygen atoms in total. The van der Waals surface area contributed by atoms with E-state index >= 15 is 0 Å². The Morgan fingerprint density at radius 1 is 1.17 bits per heavy atom. The smallest absolute Gasteiger partial charge is 0.260 e. The molecule has 1 atom stereocenters. The SMILES string of the molecule is C[C@H](Nc1ccc2c(c1)OCCCO2)c1nc2scc(-c3cccs3)c2c(=O)[nH]1. The van der Waals surface area contributed by atoms with Crippen LogP contribution in [0.1, 0.15) is 25.2 Å². The second-order valence-corrected chi connectivity index (χ2v) is 8.64. The van der Waals surface area contributed by atoms with Crippen molar-refractivity contribution < 1.29 is 9.47 Å². The molecule has 29 heavy (non-hydrogen) atoms. The highest BCUT2D eigenvalue weighted by atomic mass is 32.1. The maximum atomic E-state index is 12.8. The molecule has 0 unspecified atom stereocenters. The highest BCUT2D eigenvalue weighted by Gasteiger charge is 2.17. The Labute approximate surface area is 175 Å². The second kappa shape index (κ2) is 7.53. The lowest BCUT2D eigenvalue weighted by Gasteiger charge is -2.16. The van der Waals surface area contributed by atoms with E-state index in [4.69, 9.17) is 14.5 Å². The number of rotatable bonds is 4. The molecule has 0 saturated heterocycles. The van der Waals surface area contributed by atoms with Gasteiger partial charge < -0.3 is 19.8 Å². The summed E-state index contributed by atoms with van der Waals surface area (Å²) < 4.78 is 11.4. The normalized spacial score (nSPS) is 14.5. The van der Waals surface area contributed by atoms with E-state index in [0.717, 1.165) is 38.9 Å². The first-order valence-corrected chi connectivity index (χ1v) is 11.2. The molecule has 0 radical (unpaired) electrons. The molecule has 0 aliphatic carbocycles. The number of nitrogens with zero attached hydrogens (tertiary/aromatic N) is 1. The number of fused-ring (bicyclic) bond motifs is 2. The molecule has 8 heteroatoms. The molecule has 1 aromatic carbocycles. The number of aromatic nitrogens is 2. The number of hydrogen-bond donors (Lipinski definition) is 2. The molecule has 0 spiro atoms. The van der Waals surface area contributed by atoms with Gasteiger partial charge in [0.15, 0.2) is 11.5 Å². The van der Waals surface area contributed by atoms with Crippen molar-refractivity contribution in [2.75, 3.05) is 18.5 Å². The number of nitrogens with one attached hydrogen (secondary N) is 2. The van der Waals surface area contributed by atoms with Crippen LogP contribution in [0.5, 0.6) is 11.5 Å². The Hall–Kier alpha value is -2.84. The first-order chi connectivity index (χ1) is 14.2. The average molecular weight is 426 g/mol. The molecule has 0 saturated carbocycles. The molecular weight excluding hydrogens is 406 g/mol. The van der Waals surface area contributed by atoms with Crippen molar-refractivity contribution in [1.29, 1.82) is 0 Å². The second-order valence-electron chi connectivity index (χ2n) is 6.84. The Morgan fingerprint density at radius 3 is 2.86 bits per heavy atom. The number of H-pyrrole nitrogens is 1. The van der Waals surface area contributed by atoms with Gasteiger partial charge in [-0.3, -0.25) is 4.79 Å². The third-order valence-corrected chi connectivity index (χ3v) is 6.57. The quantitative estimate of drug-likeness (QED) is 0.479. The minimum Gasteiger partial charge on any atom is -0.490 e. The maximum absolute atomic E-state index is 12.8. The van der Waals surface area contributed by atoms with E-state index in [1.54, 1.807) is 11.3 Å². The Bertz CT molecular complexity index is 1210. The molecule has 1 aliphatic heterocycles. The fraction of sp³-hybridized carbons (Fsp3) is 0.238. The van der Waals surface area contributed by atoms with Gasteiger partial charge in [0.25, 0.3) is 5.56 Å². The average Bonchev–Trinajstić information content (AvgIpc) is 3.33. The first-order valence-electron chi connectivity index (χ1n) is 9.40. The number of ether oxygens (including phenoxy) is 2. The van der Waals surface area contributed by atoms with Gasteiger partial charge >= 0.3 is 0 Å². The minimum atomic E-state index is -0.177. The van der Waals surface area contributed by atoms with Gasteiger partial charge in [-0.25, -0.2) is 4.98 Å². The topological polar surface area (TPSA) is 76.2 Å². The van der Waals surface area contributed by atoms with Gasteiger partial charge in [0.05, 0.1) is 24.6 Å². The highest BCUT2D eigenvalue weighted by molar-refractivity contribution is 7.18. The van der Waals surface area contributed by atoms with Crippen LogP contribution in [0.25, 0.3) is 20.7 Å². The van der Waals surface area contributed by atoms with Crippen LogP contribution in [-0.4, -0.2) is 23.2 Å². The zero-order chi connectivity index (χ0) is 19.8. The van der Waals surface area contributed by atoms with Crippen molar-refractivity contribution in [1.82, 2.24) is 9.97 Å². The predicted molar refractivity (Wildman–Crippen MR) is 118 cm³/mol. The molecule has 4 aromatic rings. The Kier molecular flexibility index (Phi) is 4.73. The molecule has 0 bridgehead atoms. The number of aromatic amines is 1. The number of thiophene rings is 2. The number of anilines is 1. The third-order valence-electron chi connectivity index (χ3n) is 4.79. The van der Waals surface area contributed by atoms with Crippen LogP contribution in [-0.2, 0) is 0 Å². The van der Waals surface area contributed by atoms with Crippen LogP contribution in [0.4, 0.5) is 5.69 Å². The zero-order valence-electron chi connectivity index (χ0n) is 15.7. The standard InChI is InChI=1S/C21H19N3O3S2/c1-12(22-13-5-6-15-16(10-13)27-8-3-7-26-15)19-23-20(25)18-14(11-29-21(18)24-19)17-4-2-9-28-17/h2,4-6,9-12,22H,3,7-8H2,1H3,(H,23,24,25)/t12-/m0/s1. The molecule has 3 aromatic heterocycles. The van der Waals surface area contributed by atoms with E-state index in [1.807, 2.05) is 48.0 Å². The summed E-state index contributed by atoms with van der Waals surface area (Å²) in [6.45, 7) is 3.28. The third kappa shape index (κ3) is 3.49. The minimum absolute atomic E-state index is 0.109. The van der Waals surface area contributed by atoms with Crippen LogP contribution in [0, 0.1) is 0 Å². The number of benzene rings is 1. The molecular formula is C21H19N3O3S2. The summed E-state index contributed by atoms with van der Waals surface area (Å²) in [7, 11) is 0. The largest absolute Gasteiger partial charge is 0.490 e. The van der Waals surface area contributed by atoms with E-state index in [2.05, 4.69) is 10.3 Å². The summed E-state index contributed by atoms with van der Waals surface area (Å²) in [6, 6.07) is 9.61. The van der Waals surface area contributed by atoms with Gasteiger partial charge in [0.1, 0.15) is 10.7 Å². The monoisotopic (exact) mass is 425 g/mol. The summed E-state index contributed by atoms with van der Waals surface area (Å²) in [5.41, 5.74) is 1.72. The van der Waals surface area contributed by atoms with E-state index in [-0.39, 0.29) is 11.6 Å². The fourth-order valence-corrected chi connectivity index (χ4v) is 5.12. The summed E-state index contributed by atoms with van der Waals surface area (Å²) >= 11 is 3.12. The van der Waals surface area contributed by atoms with Gasteiger partial charge in [0.2, 0.25) is 0 Å². The van der Waals surface area contributed by atoms with Crippen molar-refractivity contribution in [3.63, 3.8) is 0 Å². The van der Waals surface area contributed by atoms with Crippen molar-refractivity contribution >= 4 is 38.6 Å². The van der Waals surface area contributed by atoms with Crippen molar-refractivity contribution in [2.24, 2.45) is 0 Å². The summed E-state index contributed by atoms with van der Waals surface area (Å²) in [5.74, 6) is 2.10. The van der Waals surface area contributed by atoms with Gasteiger partial charge in [-0.15, -0.1) is 22.7 Å². The van der Waals surface area contributed by atoms with E-state index < -0.39 is 0 Å². The Balaban J connectivity index is 1.44. The van der Waals surface area contributed by atoms with Gasteiger partial charge in [-0.2, -0.15) is 0 Å². The lowest BCUT2D eigenvalue weighted by Crippen LogP contribution is -2.17. The van der Waals surface area contributed by atoms with Gasteiger partial charge in [-0.1, -0.05) is 6.07 Å². The van der Waals surface area contributed by atoms with Crippen LogP contribution in [0.15, 0.2) is 45.9 Å². The van der Waals surface area contributed by atoms with E-state index in [0.29, 0.717) is 24.4 Å². The molecule has 5 rings (SSSR count). The summed E-state index contributed by atoms with van der Waals surface area (Å²) in [5, 5.41) is 8.06. The van der Waals surface area contributed by atoms with Gasteiger partial charge in [0, 0.05) is 34.0 Å². The maximum Gasteiger partial charge on any atom is 0.260 e.